The Morgan fingerprint density at radius 3 is 0.611 bits per heavy atom. The Balaban J connectivity index is 2.86. The van der Waals surface area contributed by atoms with E-state index in [2.05, 4.69) is 11.5 Å². The Morgan fingerprint density at radius 2 is 0.444 bits per heavy atom. The van der Waals surface area contributed by atoms with Gasteiger partial charge in [0.05, 0.1) is 13.1 Å². The van der Waals surface area contributed by atoms with Crippen molar-refractivity contribution in [3.63, 3.8) is 0 Å². The molecule has 2 nitrogen and oxygen atoms in total. The maximum atomic E-state index is 3.88. The average Bonchev–Trinajstić information content (AvgIpc) is 2.39. The predicted octanol–water partition coefficient (Wildman–Crippen LogP) is 2.93. The molecule has 0 heterocycles. The quantitative estimate of drug-likeness (QED) is 0.424. The molecule has 0 aromatic heterocycles. The van der Waals surface area contributed by atoms with Gasteiger partial charge >= 0.3 is 0 Å². The van der Waals surface area contributed by atoms with E-state index in [1.807, 2.05) is 0 Å². The van der Waals surface area contributed by atoms with Crippen LogP contribution in [0.5, 0.6) is 0 Å². The van der Waals surface area contributed by atoms with Gasteiger partial charge in [0.15, 0.2) is 0 Å². The van der Waals surface area contributed by atoms with E-state index >= 15 is 0 Å². The fourth-order valence-corrected chi connectivity index (χ4v) is 2.47. The maximum Gasteiger partial charge on any atom is 0.0739 e. The summed E-state index contributed by atoms with van der Waals surface area (Å²) in [7, 11) is 0. The minimum absolute atomic E-state index is 1.12. The Morgan fingerprint density at radius 1 is 0.278 bits per heavy atom. The van der Waals surface area contributed by atoms with Crippen LogP contribution < -0.4 is 11.5 Å². The van der Waals surface area contributed by atoms with Crippen molar-refractivity contribution < 1.29 is 11.5 Å². The third-order valence-electron chi connectivity index (χ3n) is 3.75. The van der Waals surface area contributed by atoms with Crippen molar-refractivity contribution in [2.75, 3.05) is 13.1 Å². The van der Waals surface area contributed by atoms with Crippen molar-refractivity contribution >= 4 is 0 Å². The lowest BCUT2D eigenvalue weighted by Crippen LogP contribution is -2.50. The van der Waals surface area contributed by atoms with Crippen LogP contribution in [-0.2, 0) is 0 Å². The van der Waals surface area contributed by atoms with Crippen molar-refractivity contribution in [1.29, 1.82) is 0 Å². The lowest BCUT2D eigenvalue weighted by molar-refractivity contribution is -0.368. The van der Waals surface area contributed by atoms with Crippen LogP contribution in [0.25, 0.3) is 0 Å². The van der Waals surface area contributed by atoms with Gasteiger partial charge in [-0.2, -0.15) is 0 Å². The number of unbranched alkanes of at least 4 members (excludes halogenated alkanes) is 13. The zero-order valence-electron chi connectivity index (χ0n) is 12.7. The van der Waals surface area contributed by atoms with Crippen LogP contribution in [0.3, 0.4) is 0 Å². The van der Waals surface area contributed by atoms with E-state index in [1.165, 1.54) is 89.9 Å². The molecule has 0 bridgehead atoms. The lowest BCUT2D eigenvalue weighted by atomic mass is 10.0. The van der Waals surface area contributed by atoms with E-state index in [4.69, 9.17) is 0 Å². The Bertz CT molecular complexity index is 121. The highest BCUT2D eigenvalue weighted by Crippen LogP contribution is 2.12. The van der Waals surface area contributed by atoms with Crippen LogP contribution >= 0.6 is 0 Å². The SMILES string of the molecule is [NH3+]CCCCCCCCCCCCCCCC[NH3+]. The van der Waals surface area contributed by atoms with Crippen LogP contribution in [0.15, 0.2) is 0 Å². The van der Waals surface area contributed by atoms with Gasteiger partial charge in [-0.15, -0.1) is 0 Å². The smallest absolute Gasteiger partial charge is 0.0739 e. The monoisotopic (exact) mass is 258 g/mol. The number of hydrogen-bond donors (Lipinski definition) is 2. The fraction of sp³-hybridized carbons (Fsp3) is 1.00. The first-order valence-electron chi connectivity index (χ1n) is 8.50. The molecular weight excluding hydrogens is 220 g/mol. The molecular formula is C16H38N2+2. The van der Waals surface area contributed by atoms with Gasteiger partial charge in [-0.3, -0.25) is 0 Å². The van der Waals surface area contributed by atoms with Crippen molar-refractivity contribution in [2.24, 2.45) is 0 Å². The van der Waals surface area contributed by atoms with Gasteiger partial charge in [-0.25, -0.2) is 0 Å². The molecule has 0 atom stereocenters. The molecule has 0 fully saturated rings. The summed E-state index contributed by atoms with van der Waals surface area (Å²) in [6, 6.07) is 0. The zero-order valence-corrected chi connectivity index (χ0v) is 12.7. The molecule has 0 amide bonds. The first-order valence-corrected chi connectivity index (χ1v) is 8.50. The molecule has 0 spiro atoms. The summed E-state index contributed by atoms with van der Waals surface area (Å²) in [4.78, 5) is 0. The summed E-state index contributed by atoms with van der Waals surface area (Å²) in [6.45, 7) is 2.24. The highest BCUT2D eigenvalue weighted by molar-refractivity contribution is 4.49. The second-order valence-electron chi connectivity index (χ2n) is 5.66. The molecule has 0 saturated carbocycles. The van der Waals surface area contributed by atoms with E-state index in [1.54, 1.807) is 0 Å². The molecule has 110 valence electrons. The summed E-state index contributed by atoms with van der Waals surface area (Å²) in [6.07, 6.45) is 20.0. The largest absolute Gasteiger partial charge is 0.358 e. The molecule has 0 aromatic rings. The van der Waals surface area contributed by atoms with E-state index in [0.717, 1.165) is 13.1 Å². The summed E-state index contributed by atoms with van der Waals surface area (Å²) in [5.74, 6) is 0. The first-order chi connectivity index (χ1) is 8.91. The van der Waals surface area contributed by atoms with Gasteiger partial charge in [-0.05, 0) is 25.7 Å². The third-order valence-corrected chi connectivity index (χ3v) is 3.75. The molecule has 18 heavy (non-hydrogen) atoms. The predicted molar refractivity (Wildman–Crippen MR) is 80.1 cm³/mol. The number of rotatable bonds is 15. The normalized spacial score (nSPS) is 11.0. The van der Waals surface area contributed by atoms with Gasteiger partial charge in [0.2, 0.25) is 0 Å². The van der Waals surface area contributed by atoms with Crippen LogP contribution in [-0.4, -0.2) is 13.1 Å². The lowest BCUT2D eigenvalue weighted by Gasteiger charge is -2.02. The first kappa shape index (κ1) is 17.9. The van der Waals surface area contributed by atoms with E-state index in [-0.39, 0.29) is 0 Å². The van der Waals surface area contributed by atoms with Crippen LogP contribution in [0.4, 0.5) is 0 Å². The van der Waals surface area contributed by atoms with Gasteiger partial charge < -0.3 is 11.5 Å². The maximum absolute atomic E-state index is 3.88. The Labute approximate surface area is 115 Å². The molecule has 0 aliphatic rings. The number of hydrogen-bond acceptors (Lipinski definition) is 0. The van der Waals surface area contributed by atoms with Gasteiger partial charge in [0, 0.05) is 0 Å². The molecule has 0 aliphatic heterocycles. The summed E-state index contributed by atoms with van der Waals surface area (Å²) >= 11 is 0. The average molecular weight is 258 g/mol. The zero-order chi connectivity index (χ0) is 13.3. The van der Waals surface area contributed by atoms with Crippen molar-refractivity contribution in [3.05, 3.63) is 0 Å². The molecule has 0 aliphatic carbocycles. The molecule has 2 heteroatoms. The van der Waals surface area contributed by atoms with Crippen LogP contribution in [0, 0.1) is 0 Å². The molecule has 0 aromatic carbocycles. The molecule has 0 radical (unpaired) electrons. The van der Waals surface area contributed by atoms with Crippen LogP contribution in [0.1, 0.15) is 89.9 Å². The van der Waals surface area contributed by atoms with Crippen molar-refractivity contribution in [1.82, 2.24) is 0 Å². The van der Waals surface area contributed by atoms with Gasteiger partial charge in [-0.1, -0.05) is 64.2 Å². The highest BCUT2D eigenvalue weighted by Gasteiger charge is 1.94. The minimum Gasteiger partial charge on any atom is -0.358 e. The standard InChI is InChI=1S/C16H36N2/c17-15-13-11-9-7-5-3-1-2-4-6-8-10-12-14-16-18/h1-18H2/p+2. The Kier molecular flexibility index (Phi) is 16.8. The Hall–Kier alpha value is -0.0800. The van der Waals surface area contributed by atoms with Crippen LogP contribution in [0.2, 0.25) is 0 Å². The van der Waals surface area contributed by atoms with E-state index in [9.17, 15) is 0 Å². The van der Waals surface area contributed by atoms with Crippen molar-refractivity contribution in [2.45, 2.75) is 89.9 Å². The third kappa shape index (κ3) is 15.9. The summed E-state index contributed by atoms with van der Waals surface area (Å²) < 4.78 is 0. The topological polar surface area (TPSA) is 55.3 Å². The van der Waals surface area contributed by atoms with Gasteiger partial charge in [0.1, 0.15) is 0 Å². The minimum atomic E-state index is 1.12. The van der Waals surface area contributed by atoms with Gasteiger partial charge in [0.25, 0.3) is 0 Å². The molecule has 0 rings (SSSR count). The van der Waals surface area contributed by atoms with E-state index < -0.39 is 0 Å². The fourth-order valence-electron chi connectivity index (χ4n) is 2.47. The van der Waals surface area contributed by atoms with E-state index in [0.29, 0.717) is 0 Å². The molecule has 0 unspecified atom stereocenters. The molecule has 0 saturated heterocycles. The van der Waals surface area contributed by atoms with Crippen molar-refractivity contribution in [3.8, 4) is 0 Å². The second kappa shape index (κ2) is 16.9. The molecule has 6 N–H and O–H groups in total. The number of quaternary nitrogens is 2. The summed E-state index contributed by atoms with van der Waals surface area (Å²) in [5, 5.41) is 0. The summed E-state index contributed by atoms with van der Waals surface area (Å²) in [5.41, 5.74) is 7.76. The highest BCUT2D eigenvalue weighted by atomic mass is 14.5. The second-order valence-corrected chi connectivity index (χ2v) is 5.66.